The van der Waals surface area contributed by atoms with E-state index in [9.17, 15) is 4.79 Å². The molecule has 1 atom stereocenters. The zero-order valence-electron chi connectivity index (χ0n) is 15.8. The van der Waals surface area contributed by atoms with E-state index >= 15 is 0 Å². The number of aliphatic imine (C=N–C) groups is 1. The molecule has 8 heteroatoms. The van der Waals surface area contributed by atoms with Crippen LogP contribution in [0.1, 0.15) is 44.8 Å². The van der Waals surface area contributed by atoms with E-state index < -0.39 is 5.60 Å². The molecule has 0 bridgehead atoms. The molecular formula is C17H29N5O2S. The summed E-state index contributed by atoms with van der Waals surface area (Å²) in [7, 11) is 1.77. The lowest BCUT2D eigenvalue weighted by molar-refractivity contribution is 0.0507. The van der Waals surface area contributed by atoms with Crippen LogP contribution in [0.15, 0.2) is 10.4 Å². The molecular weight excluding hydrogens is 338 g/mol. The van der Waals surface area contributed by atoms with Gasteiger partial charge in [0.2, 0.25) is 0 Å². The number of rotatable bonds is 4. The van der Waals surface area contributed by atoms with Crippen LogP contribution in [-0.2, 0) is 17.7 Å². The Kier molecular flexibility index (Phi) is 6.64. The van der Waals surface area contributed by atoms with Crippen LogP contribution in [0.25, 0.3) is 0 Å². The van der Waals surface area contributed by atoms with Crippen LogP contribution in [-0.4, -0.2) is 53.7 Å². The van der Waals surface area contributed by atoms with Crippen molar-refractivity contribution in [3.8, 4) is 0 Å². The van der Waals surface area contributed by atoms with Crippen LogP contribution in [0.2, 0.25) is 0 Å². The molecule has 1 unspecified atom stereocenters. The van der Waals surface area contributed by atoms with Gasteiger partial charge in [-0.3, -0.25) is 4.99 Å². The van der Waals surface area contributed by atoms with E-state index in [0.717, 1.165) is 42.6 Å². The molecule has 1 aliphatic heterocycles. The van der Waals surface area contributed by atoms with Crippen molar-refractivity contribution in [1.29, 1.82) is 0 Å². The number of nitrogens with one attached hydrogen (secondary N) is 2. The molecule has 0 aliphatic carbocycles. The van der Waals surface area contributed by atoms with Gasteiger partial charge in [-0.25, -0.2) is 9.78 Å². The van der Waals surface area contributed by atoms with Gasteiger partial charge >= 0.3 is 6.09 Å². The summed E-state index contributed by atoms with van der Waals surface area (Å²) in [6.07, 6.45) is 1.47. The predicted octanol–water partition coefficient (Wildman–Crippen LogP) is 2.38. The van der Waals surface area contributed by atoms with Gasteiger partial charge in [-0.2, -0.15) is 0 Å². The number of likely N-dealkylation sites (tertiary alicyclic amines) is 1. The number of carbonyl (C=O) groups is 1. The molecule has 1 saturated heterocycles. The number of guanidine groups is 1. The van der Waals surface area contributed by atoms with Crippen molar-refractivity contribution in [3.63, 3.8) is 0 Å². The highest BCUT2D eigenvalue weighted by Crippen LogP contribution is 2.13. The van der Waals surface area contributed by atoms with E-state index in [2.05, 4.69) is 37.8 Å². The van der Waals surface area contributed by atoms with Gasteiger partial charge in [0.25, 0.3) is 0 Å². The number of aryl methyl sites for hydroxylation is 1. The SMILES string of the molecule is CCc1nc(CNC(=NC)N2CCC(NC(=O)OC(C)(C)C)C2)cs1. The van der Waals surface area contributed by atoms with Crippen molar-refractivity contribution in [2.75, 3.05) is 20.1 Å². The molecule has 7 nitrogen and oxygen atoms in total. The molecule has 1 fully saturated rings. The zero-order chi connectivity index (χ0) is 18.4. The van der Waals surface area contributed by atoms with Crippen molar-refractivity contribution in [1.82, 2.24) is 20.5 Å². The second-order valence-electron chi connectivity index (χ2n) is 7.06. The average molecular weight is 368 g/mol. The van der Waals surface area contributed by atoms with Gasteiger partial charge in [-0.1, -0.05) is 6.92 Å². The summed E-state index contributed by atoms with van der Waals surface area (Å²) in [6.45, 7) is 9.92. The molecule has 2 N–H and O–H groups in total. The van der Waals surface area contributed by atoms with Crippen molar-refractivity contribution < 1.29 is 9.53 Å². The summed E-state index contributed by atoms with van der Waals surface area (Å²) in [5, 5.41) is 9.51. The van der Waals surface area contributed by atoms with Crippen LogP contribution in [0.4, 0.5) is 4.79 Å². The number of nitrogens with zero attached hydrogens (tertiary/aromatic N) is 3. The predicted molar refractivity (Wildman–Crippen MR) is 101 cm³/mol. The monoisotopic (exact) mass is 367 g/mol. The van der Waals surface area contributed by atoms with Gasteiger partial charge in [0.05, 0.1) is 23.3 Å². The first-order valence-corrected chi connectivity index (χ1v) is 9.57. The fourth-order valence-electron chi connectivity index (χ4n) is 2.64. The minimum absolute atomic E-state index is 0.0689. The molecule has 2 heterocycles. The van der Waals surface area contributed by atoms with Crippen LogP contribution >= 0.6 is 11.3 Å². The third-order valence-corrected chi connectivity index (χ3v) is 4.79. The van der Waals surface area contributed by atoms with Gasteiger partial charge in [0.1, 0.15) is 5.60 Å². The summed E-state index contributed by atoms with van der Waals surface area (Å²) < 4.78 is 5.32. The number of hydrogen-bond donors (Lipinski definition) is 2. The molecule has 0 saturated carbocycles. The molecule has 1 amide bonds. The Labute approximate surface area is 153 Å². The Morgan fingerprint density at radius 3 is 2.88 bits per heavy atom. The van der Waals surface area contributed by atoms with E-state index in [1.54, 1.807) is 18.4 Å². The molecule has 0 spiro atoms. The summed E-state index contributed by atoms with van der Waals surface area (Å²) in [5.41, 5.74) is 0.552. The standard InChI is InChI=1S/C17H29N5O2S/c1-6-14-20-13(11-25-14)9-19-15(18-5)22-8-7-12(10-22)21-16(23)24-17(2,3)4/h11-12H,6-10H2,1-5H3,(H,18,19)(H,21,23). The summed E-state index contributed by atoms with van der Waals surface area (Å²) in [6, 6.07) is 0.0689. The van der Waals surface area contributed by atoms with Crippen LogP contribution in [0, 0.1) is 0 Å². The van der Waals surface area contributed by atoms with Crippen molar-refractivity contribution in [2.24, 2.45) is 4.99 Å². The zero-order valence-corrected chi connectivity index (χ0v) is 16.6. The molecule has 140 valence electrons. The van der Waals surface area contributed by atoms with Crippen molar-refractivity contribution in [3.05, 3.63) is 16.1 Å². The van der Waals surface area contributed by atoms with E-state index in [1.807, 2.05) is 20.8 Å². The fraction of sp³-hybridized carbons (Fsp3) is 0.706. The average Bonchev–Trinajstić information content (AvgIpc) is 3.15. The second-order valence-corrected chi connectivity index (χ2v) is 8.01. The number of hydrogen-bond acceptors (Lipinski definition) is 5. The Hall–Kier alpha value is -1.83. The maximum absolute atomic E-state index is 11.9. The third kappa shape index (κ3) is 6.19. The van der Waals surface area contributed by atoms with E-state index in [0.29, 0.717) is 6.54 Å². The first kappa shape index (κ1) is 19.5. The number of thiazole rings is 1. The van der Waals surface area contributed by atoms with Crippen molar-refractivity contribution in [2.45, 2.75) is 58.7 Å². The Morgan fingerprint density at radius 1 is 1.52 bits per heavy atom. The Bertz CT molecular complexity index is 608. The maximum atomic E-state index is 11.9. The molecule has 1 aromatic heterocycles. The smallest absolute Gasteiger partial charge is 0.407 e. The number of aromatic nitrogens is 1. The third-order valence-electron chi connectivity index (χ3n) is 3.75. The number of alkyl carbamates (subject to hydrolysis) is 1. The first-order valence-electron chi connectivity index (χ1n) is 8.69. The number of ether oxygens (including phenoxy) is 1. The molecule has 1 aliphatic rings. The minimum atomic E-state index is -0.481. The Balaban J connectivity index is 1.81. The highest BCUT2D eigenvalue weighted by atomic mass is 32.1. The van der Waals surface area contributed by atoms with Gasteiger partial charge in [0.15, 0.2) is 5.96 Å². The van der Waals surface area contributed by atoms with Gasteiger partial charge in [-0.05, 0) is 33.6 Å². The minimum Gasteiger partial charge on any atom is -0.444 e. The van der Waals surface area contributed by atoms with Gasteiger partial charge < -0.3 is 20.3 Å². The fourth-order valence-corrected chi connectivity index (χ4v) is 3.38. The highest BCUT2D eigenvalue weighted by Gasteiger charge is 2.27. The topological polar surface area (TPSA) is 78.9 Å². The van der Waals surface area contributed by atoms with Crippen LogP contribution in [0.5, 0.6) is 0 Å². The number of carbonyl (C=O) groups excluding carboxylic acids is 1. The van der Waals surface area contributed by atoms with E-state index in [-0.39, 0.29) is 12.1 Å². The molecule has 1 aromatic rings. The van der Waals surface area contributed by atoms with Crippen molar-refractivity contribution >= 4 is 23.4 Å². The quantitative estimate of drug-likeness (QED) is 0.631. The van der Waals surface area contributed by atoms with Gasteiger partial charge in [0, 0.05) is 25.5 Å². The lowest BCUT2D eigenvalue weighted by Crippen LogP contribution is -2.44. The van der Waals surface area contributed by atoms with E-state index in [4.69, 9.17) is 4.74 Å². The molecule has 0 radical (unpaired) electrons. The first-order chi connectivity index (χ1) is 11.8. The van der Waals surface area contributed by atoms with E-state index in [1.165, 1.54) is 0 Å². The molecule has 2 rings (SSSR count). The summed E-state index contributed by atoms with van der Waals surface area (Å²) >= 11 is 1.69. The van der Waals surface area contributed by atoms with Crippen LogP contribution < -0.4 is 10.6 Å². The second kappa shape index (κ2) is 8.51. The summed E-state index contributed by atoms with van der Waals surface area (Å²) in [4.78, 5) is 23.0. The number of amides is 1. The largest absolute Gasteiger partial charge is 0.444 e. The lowest BCUT2D eigenvalue weighted by atomic mass is 10.2. The van der Waals surface area contributed by atoms with Crippen LogP contribution in [0.3, 0.4) is 0 Å². The lowest BCUT2D eigenvalue weighted by Gasteiger charge is -2.23. The Morgan fingerprint density at radius 2 is 2.28 bits per heavy atom. The molecule has 0 aromatic carbocycles. The summed E-state index contributed by atoms with van der Waals surface area (Å²) in [5.74, 6) is 0.833. The normalized spacial score (nSPS) is 18.4. The van der Waals surface area contributed by atoms with Gasteiger partial charge in [-0.15, -0.1) is 11.3 Å². The highest BCUT2D eigenvalue weighted by molar-refractivity contribution is 7.09. The molecule has 25 heavy (non-hydrogen) atoms. The maximum Gasteiger partial charge on any atom is 0.407 e.